The number of alkyl halides is 7. The third kappa shape index (κ3) is 13.1. The highest BCUT2D eigenvalue weighted by molar-refractivity contribution is 9.08. The summed E-state index contributed by atoms with van der Waals surface area (Å²) in [6.07, 6.45) is -1.91. The summed E-state index contributed by atoms with van der Waals surface area (Å²) in [6.45, 7) is 8.31. The van der Waals surface area contributed by atoms with Gasteiger partial charge in [0.15, 0.2) is 15.6 Å². The van der Waals surface area contributed by atoms with Crippen LogP contribution in [0.3, 0.4) is 0 Å². The first kappa shape index (κ1) is 43.0. The molecule has 4 heterocycles. The molecule has 4 aromatic rings. The van der Waals surface area contributed by atoms with Crippen molar-refractivity contribution in [1.82, 2.24) is 29.9 Å². The van der Waals surface area contributed by atoms with Gasteiger partial charge in [-0.15, -0.1) is 12.4 Å². The van der Waals surface area contributed by atoms with E-state index in [-0.39, 0.29) is 22.3 Å². The highest BCUT2D eigenvalue weighted by Gasteiger charge is 2.33. The number of hydrogen-bond acceptors (Lipinski definition) is 7. The third-order valence-corrected chi connectivity index (χ3v) is 8.14. The Morgan fingerprint density at radius 2 is 1.29 bits per heavy atom. The predicted molar refractivity (Wildman–Crippen MR) is 183 cm³/mol. The Balaban J connectivity index is 0.000000390. The molecule has 0 saturated heterocycles. The van der Waals surface area contributed by atoms with E-state index < -0.39 is 34.9 Å². The molecule has 0 aromatic carbocycles. The molecule has 0 radical (unpaired) electrons. The van der Waals surface area contributed by atoms with Gasteiger partial charge in [-0.1, -0.05) is 55.4 Å². The van der Waals surface area contributed by atoms with Crippen LogP contribution in [-0.4, -0.2) is 29.9 Å². The van der Waals surface area contributed by atoms with Crippen LogP contribution in [0, 0.1) is 4.77 Å². The van der Waals surface area contributed by atoms with Crippen molar-refractivity contribution >= 4 is 52.3 Å². The average molecular weight is 804 g/mol. The van der Waals surface area contributed by atoms with E-state index in [1.54, 1.807) is 6.20 Å². The average Bonchev–Trinajstić information content (AvgIpc) is 3.02. The van der Waals surface area contributed by atoms with Crippen molar-refractivity contribution in [1.29, 1.82) is 0 Å². The molecule has 0 spiro atoms. The van der Waals surface area contributed by atoms with E-state index in [4.69, 9.17) is 0 Å². The normalized spacial score (nSPS) is 11.1. The summed E-state index contributed by atoms with van der Waals surface area (Å²) in [7, 11) is 0. The lowest BCUT2D eigenvalue weighted by Gasteiger charge is -2.12. The fraction of sp³-hybridized carbons (Fsp3) is 0.400. The molecule has 0 amide bonds. The second kappa shape index (κ2) is 19.8. The first-order valence-electron chi connectivity index (χ1n) is 14.3. The van der Waals surface area contributed by atoms with E-state index in [0.717, 1.165) is 59.6 Å². The van der Waals surface area contributed by atoms with E-state index >= 15 is 0 Å². The summed E-state index contributed by atoms with van der Waals surface area (Å²) in [6, 6.07) is 4.88. The fourth-order valence-corrected chi connectivity index (χ4v) is 6.05. The molecule has 0 aliphatic heterocycles. The number of hydrogen-bond donors (Lipinski definition) is 3. The minimum absolute atomic E-state index is 0. The van der Waals surface area contributed by atoms with Crippen LogP contribution in [0.15, 0.2) is 51.4 Å². The first-order valence-corrected chi connectivity index (χ1v) is 16.8. The molecule has 0 unspecified atom stereocenters. The summed E-state index contributed by atoms with van der Waals surface area (Å²) in [5.74, 6) is 0.407. The van der Waals surface area contributed by atoms with E-state index in [9.17, 15) is 35.9 Å². The summed E-state index contributed by atoms with van der Waals surface area (Å²) >= 11 is 8.92. The molecule has 0 bridgehead atoms. The molecule has 264 valence electrons. The fourth-order valence-electron chi connectivity index (χ4n) is 4.18. The molecular formula is C30H34BrClF6N6O2S2. The molecule has 48 heavy (non-hydrogen) atoms. The van der Waals surface area contributed by atoms with Gasteiger partial charge in [0.25, 0.3) is 11.1 Å². The van der Waals surface area contributed by atoms with E-state index in [1.165, 1.54) is 16.8 Å². The number of H-pyrrole nitrogens is 3. The van der Waals surface area contributed by atoms with Gasteiger partial charge in [-0.2, -0.15) is 26.3 Å². The lowest BCUT2D eigenvalue weighted by atomic mass is 10.0. The van der Waals surface area contributed by atoms with Crippen molar-refractivity contribution in [2.45, 2.75) is 82.0 Å². The maximum absolute atomic E-state index is 12.7. The molecule has 0 aliphatic carbocycles. The molecule has 0 atom stereocenters. The Kier molecular flexibility index (Phi) is 17.8. The Morgan fingerprint density at radius 1 is 0.771 bits per heavy atom. The SMILES string of the molecule is CCc1ccnc(CC)c1CBr.CCc1ccnc(CC)c1CSc1nc(C(F)(F)F)cc(=O)[nH]1.Cl.O=c1cc(C(F)(F)F)[nH]c(=S)[nH]1. The Labute approximate surface area is 296 Å². The van der Waals surface area contributed by atoms with Gasteiger partial charge in [0.1, 0.15) is 5.69 Å². The minimum atomic E-state index is -4.64. The molecule has 8 nitrogen and oxygen atoms in total. The zero-order valence-electron chi connectivity index (χ0n) is 26.2. The second-order valence-electron chi connectivity index (χ2n) is 9.56. The lowest BCUT2D eigenvalue weighted by molar-refractivity contribution is -0.142. The van der Waals surface area contributed by atoms with Crippen molar-refractivity contribution in [2.24, 2.45) is 0 Å². The zero-order valence-corrected chi connectivity index (χ0v) is 30.3. The number of aromatic nitrogens is 6. The zero-order chi connectivity index (χ0) is 35.4. The van der Waals surface area contributed by atoms with Gasteiger partial charge in [-0.05, 0) is 72.3 Å². The smallest absolute Gasteiger partial charge is 0.328 e. The molecule has 3 N–H and O–H groups in total. The number of nitrogens with zero attached hydrogens (tertiary/aromatic N) is 3. The van der Waals surface area contributed by atoms with Crippen LogP contribution < -0.4 is 11.1 Å². The van der Waals surface area contributed by atoms with E-state index in [1.807, 2.05) is 36.1 Å². The van der Waals surface area contributed by atoms with Crippen LogP contribution in [0.2, 0.25) is 0 Å². The number of aryl methyl sites for hydroxylation is 4. The van der Waals surface area contributed by atoms with Gasteiger partial charge >= 0.3 is 12.4 Å². The van der Waals surface area contributed by atoms with Crippen molar-refractivity contribution in [3.05, 3.63) is 107 Å². The molecule has 4 aromatic heterocycles. The highest BCUT2D eigenvalue weighted by atomic mass is 79.9. The third-order valence-electron chi connectivity index (χ3n) is 6.48. The minimum Gasteiger partial charge on any atom is -0.328 e. The number of thioether (sulfide) groups is 1. The number of aromatic amines is 3. The molecule has 4 rings (SSSR count). The monoisotopic (exact) mass is 802 g/mol. The predicted octanol–water partition coefficient (Wildman–Crippen LogP) is 8.58. The summed E-state index contributed by atoms with van der Waals surface area (Å²) in [5.41, 5.74) is 3.01. The van der Waals surface area contributed by atoms with Crippen molar-refractivity contribution < 1.29 is 26.3 Å². The summed E-state index contributed by atoms with van der Waals surface area (Å²) in [4.78, 5) is 40.2. The van der Waals surface area contributed by atoms with Gasteiger partial charge in [0.2, 0.25) is 0 Å². The Hall–Kier alpha value is -3.02. The Bertz CT molecular complexity index is 1730. The van der Waals surface area contributed by atoms with E-state index in [0.29, 0.717) is 17.9 Å². The quantitative estimate of drug-likeness (QED) is 0.0537. The van der Waals surface area contributed by atoms with Crippen molar-refractivity contribution in [2.75, 3.05) is 0 Å². The molecular weight excluding hydrogens is 770 g/mol. The van der Waals surface area contributed by atoms with Crippen LogP contribution >= 0.6 is 52.3 Å². The maximum Gasteiger partial charge on any atom is 0.433 e. The highest BCUT2D eigenvalue weighted by Crippen LogP contribution is 2.29. The topological polar surface area (TPSA) is 120 Å². The molecule has 18 heteroatoms. The largest absolute Gasteiger partial charge is 0.433 e. The van der Waals surface area contributed by atoms with Crippen LogP contribution in [0.25, 0.3) is 0 Å². The number of rotatable bonds is 8. The van der Waals surface area contributed by atoms with Crippen molar-refractivity contribution in [3.63, 3.8) is 0 Å². The van der Waals surface area contributed by atoms with Crippen LogP contribution in [0.1, 0.15) is 72.7 Å². The first-order chi connectivity index (χ1) is 22.1. The number of halogens is 8. The molecule has 0 saturated carbocycles. The lowest BCUT2D eigenvalue weighted by Crippen LogP contribution is -2.16. The van der Waals surface area contributed by atoms with Crippen LogP contribution in [0.5, 0.6) is 0 Å². The van der Waals surface area contributed by atoms with Gasteiger partial charge in [-0.25, -0.2) is 4.98 Å². The summed E-state index contributed by atoms with van der Waals surface area (Å²) in [5, 5.41) is 0.880. The standard InChI is InChI=1S/C15H16F3N3OS.C10H14BrN.C5H3F3N2OS.ClH/c1-3-9-5-6-19-11(4-2)10(9)8-23-14-20-12(15(16,17)18)7-13(22)21-14;1-3-8-5-6-12-10(4-2)9(8)7-11;6-5(7,8)2-1-3(11)10-4(12)9-2;/h5-7H,3-4,8H2,1-2H3,(H,20,21,22);5-6H,3-4,7H2,1-2H3;1H,(H2,9,10,11,12);1H. The van der Waals surface area contributed by atoms with Gasteiger partial charge in [0, 0.05) is 47.0 Å². The molecule has 0 aliphatic rings. The maximum atomic E-state index is 12.7. The second-order valence-corrected chi connectivity index (χ2v) is 11.5. The van der Waals surface area contributed by atoms with Crippen molar-refractivity contribution in [3.8, 4) is 0 Å². The summed E-state index contributed by atoms with van der Waals surface area (Å²) < 4.78 is 73.6. The van der Waals surface area contributed by atoms with Gasteiger partial charge in [0.05, 0.1) is 0 Å². The number of pyridine rings is 2. The van der Waals surface area contributed by atoms with Gasteiger partial charge in [-0.3, -0.25) is 24.5 Å². The van der Waals surface area contributed by atoms with Crippen LogP contribution in [0.4, 0.5) is 26.3 Å². The van der Waals surface area contributed by atoms with Crippen LogP contribution in [-0.2, 0) is 49.1 Å². The molecule has 0 fully saturated rings. The van der Waals surface area contributed by atoms with Gasteiger partial charge < -0.3 is 9.97 Å². The van der Waals surface area contributed by atoms with E-state index in [2.05, 4.69) is 68.0 Å². The Morgan fingerprint density at radius 3 is 1.75 bits per heavy atom. The number of nitrogens with one attached hydrogen (secondary N) is 3.